The van der Waals surface area contributed by atoms with Gasteiger partial charge < -0.3 is 15.2 Å². The van der Waals surface area contributed by atoms with E-state index in [1.54, 1.807) is 7.11 Å². The summed E-state index contributed by atoms with van der Waals surface area (Å²) < 4.78 is 5.19. The van der Waals surface area contributed by atoms with Gasteiger partial charge in [0.1, 0.15) is 5.75 Å². The number of nitrogens with zero attached hydrogens (tertiary/aromatic N) is 1. The van der Waals surface area contributed by atoms with Crippen molar-refractivity contribution in [2.24, 2.45) is 0 Å². The zero-order valence-electron chi connectivity index (χ0n) is 11.1. The molecule has 1 aliphatic rings. The van der Waals surface area contributed by atoms with Gasteiger partial charge in [-0.25, -0.2) is 0 Å². The summed E-state index contributed by atoms with van der Waals surface area (Å²) in [5.74, 6) is 0.570. The third kappa shape index (κ3) is 3.45. The highest BCUT2D eigenvalue weighted by molar-refractivity contribution is 5.93. The van der Waals surface area contributed by atoms with Gasteiger partial charge in [0.15, 0.2) is 0 Å². The minimum absolute atomic E-state index is 0.0788. The zero-order chi connectivity index (χ0) is 13.7. The van der Waals surface area contributed by atoms with Crippen molar-refractivity contribution in [1.82, 2.24) is 4.90 Å². The summed E-state index contributed by atoms with van der Waals surface area (Å²) in [6.07, 6.45) is 1.99. The number of hydrogen-bond donors (Lipinski definition) is 2. The van der Waals surface area contributed by atoms with Gasteiger partial charge in [-0.2, -0.15) is 0 Å². The average molecular weight is 264 g/mol. The highest BCUT2D eigenvalue weighted by Gasteiger charge is 2.25. The van der Waals surface area contributed by atoms with Gasteiger partial charge in [0.2, 0.25) is 5.91 Å². The highest BCUT2D eigenvalue weighted by Crippen LogP contribution is 2.23. The van der Waals surface area contributed by atoms with E-state index in [1.165, 1.54) is 0 Å². The second-order valence-corrected chi connectivity index (χ2v) is 4.70. The van der Waals surface area contributed by atoms with E-state index in [0.717, 1.165) is 19.4 Å². The standard InChI is InChI=1S/C14H20N2O3/c1-19-13-7-3-2-6-12(13)15-14(18)9-16-8-4-5-11(16)10-17/h2-3,6-7,11,17H,4-5,8-10H2,1H3,(H,15,18)/t11-/m0/s1. The normalized spacial score (nSPS) is 19.4. The molecule has 2 N–H and O–H groups in total. The van der Waals surface area contributed by atoms with Crippen molar-refractivity contribution in [2.75, 3.05) is 32.1 Å². The van der Waals surface area contributed by atoms with Crippen molar-refractivity contribution in [3.63, 3.8) is 0 Å². The lowest BCUT2D eigenvalue weighted by atomic mass is 10.2. The fourth-order valence-electron chi connectivity index (χ4n) is 2.43. The van der Waals surface area contributed by atoms with Gasteiger partial charge in [-0.15, -0.1) is 0 Å². The van der Waals surface area contributed by atoms with E-state index in [2.05, 4.69) is 5.32 Å². The van der Waals surface area contributed by atoms with Crippen LogP contribution in [0.3, 0.4) is 0 Å². The van der Waals surface area contributed by atoms with Gasteiger partial charge in [0.25, 0.3) is 0 Å². The Labute approximate surface area is 113 Å². The molecule has 0 aliphatic carbocycles. The molecule has 1 amide bonds. The van der Waals surface area contributed by atoms with Crippen molar-refractivity contribution in [3.8, 4) is 5.75 Å². The molecule has 5 nitrogen and oxygen atoms in total. The van der Waals surface area contributed by atoms with Crippen molar-refractivity contribution >= 4 is 11.6 Å². The number of likely N-dealkylation sites (tertiary alicyclic amines) is 1. The highest BCUT2D eigenvalue weighted by atomic mass is 16.5. The van der Waals surface area contributed by atoms with Gasteiger partial charge in [-0.05, 0) is 31.5 Å². The Morgan fingerprint density at radius 1 is 1.53 bits per heavy atom. The molecule has 0 radical (unpaired) electrons. The molecule has 0 spiro atoms. The third-order valence-corrected chi connectivity index (χ3v) is 3.44. The average Bonchev–Trinajstić information content (AvgIpc) is 2.86. The van der Waals surface area contributed by atoms with Crippen LogP contribution >= 0.6 is 0 Å². The molecule has 5 heteroatoms. The maximum absolute atomic E-state index is 12.0. The van der Waals surface area contributed by atoms with E-state index in [1.807, 2.05) is 29.2 Å². The van der Waals surface area contributed by atoms with E-state index in [-0.39, 0.29) is 18.6 Å². The van der Waals surface area contributed by atoms with Crippen LogP contribution in [0.15, 0.2) is 24.3 Å². The summed E-state index contributed by atoms with van der Waals surface area (Å²) in [6.45, 7) is 1.29. The molecule has 1 atom stereocenters. The van der Waals surface area contributed by atoms with Crippen molar-refractivity contribution < 1.29 is 14.6 Å². The summed E-state index contributed by atoms with van der Waals surface area (Å²) >= 11 is 0. The number of carbonyl (C=O) groups is 1. The van der Waals surface area contributed by atoms with Crippen LogP contribution in [0, 0.1) is 0 Å². The van der Waals surface area contributed by atoms with Crippen LogP contribution in [0.4, 0.5) is 5.69 Å². The van der Waals surface area contributed by atoms with E-state index >= 15 is 0 Å². The zero-order valence-corrected chi connectivity index (χ0v) is 11.1. The number of benzene rings is 1. The molecule has 104 valence electrons. The Morgan fingerprint density at radius 2 is 2.32 bits per heavy atom. The topological polar surface area (TPSA) is 61.8 Å². The lowest BCUT2D eigenvalue weighted by molar-refractivity contribution is -0.117. The van der Waals surface area contributed by atoms with Crippen LogP contribution in [-0.4, -0.2) is 48.8 Å². The smallest absolute Gasteiger partial charge is 0.238 e. The minimum atomic E-state index is -0.0788. The maximum Gasteiger partial charge on any atom is 0.238 e. The Hall–Kier alpha value is -1.59. The summed E-state index contributed by atoms with van der Waals surface area (Å²) in [7, 11) is 1.58. The van der Waals surface area contributed by atoms with Gasteiger partial charge in [0.05, 0.1) is 25.9 Å². The van der Waals surface area contributed by atoms with Crippen LogP contribution in [0.1, 0.15) is 12.8 Å². The first-order valence-electron chi connectivity index (χ1n) is 6.52. The Morgan fingerprint density at radius 3 is 3.05 bits per heavy atom. The number of hydrogen-bond acceptors (Lipinski definition) is 4. The molecule has 0 saturated carbocycles. The van der Waals surface area contributed by atoms with Crippen molar-refractivity contribution in [3.05, 3.63) is 24.3 Å². The quantitative estimate of drug-likeness (QED) is 0.835. The predicted octanol–water partition coefficient (Wildman–Crippen LogP) is 1.09. The number of rotatable bonds is 5. The number of carbonyl (C=O) groups excluding carboxylic acids is 1. The molecule has 1 aromatic carbocycles. The molecule has 1 saturated heterocycles. The van der Waals surface area contributed by atoms with Crippen LogP contribution < -0.4 is 10.1 Å². The van der Waals surface area contributed by atoms with E-state index in [4.69, 9.17) is 4.74 Å². The van der Waals surface area contributed by atoms with Crippen LogP contribution in [0.25, 0.3) is 0 Å². The molecule has 19 heavy (non-hydrogen) atoms. The maximum atomic E-state index is 12.0. The van der Waals surface area contributed by atoms with Crippen LogP contribution in [-0.2, 0) is 4.79 Å². The summed E-state index contributed by atoms with van der Waals surface area (Å²) in [5.41, 5.74) is 0.676. The molecule has 1 aromatic rings. The van der Waals surface area contributed by atoms with Crippen LogP contribution in [0.5, 0.6) is 5.75 Å². The predicted molar refractivity (Wildman–Crippen MR) is 73.3 cm³/mol. The molecule has 1 fully saturated rings. The van der Waals surface area contributed by atoms with E-state index in [9.17, 15) is 9.90 Å². The van der Waals surface area contributed by atoms with Gasteiger partial charge in [-0.1, -0.05) is 12.1 Å². The van der Waals surface area contributed by atoms with Gasteiger partial charge in [0, 0.05) is 6.04 Å². The second kappa shape index (κ2) is 6.54. The first-order valence-corrected chi connectivity index (χ1v) is 6.52. The molecule has 1 heterocycles. The summed E-state index contributed by atoms with van der Waals surface area (Å²) in [6, 6.07) is 7.44. The first kappa shape index (κ1) is 13.8. The number of ether oxygens (including phenoxy) is 1. The van der Waals surface area contributed by atoms with E-state index in [0.29, 0.717) is 18.0 Å². The number of aliphatic hydroxyl groups is 1. The molecular weight excluding hydrogens is 244 g/mol. The molecule has 1 aliphatic heterocycles. The molecule has 0 unspecified atom stereocenters. The van der Waals surface area contributed by atoms with Crippen molar-refractivity contribution in [1.29, 1.82) is 0 Å². The lowest BCUT2D eigenvalue weighted by Gasteiger charge is -2.22. The molecule has 0 aromatic heterocycles. The second-order valence-electron chi connectivity index (χ2n) is 4.70. The number of methoxy groups -OCH3 is 1. The monoisotopic (exact) mass is 264 g/mol. The Bertz CT molecular complexity index is 436. The largest absolute Gasteiger partial charge is 0.495 e. The van der Waals surface area contributed by atoms with E-state index < -0.39 is 0 Å². The fraction of sp³-hybridized carbons (Fsp3) is 0.500. The minimum Gasteiger partial charge on any atom is -0.495 e. The Balaban J connectivity index is 1.94. The van der Waals surface area contributed by atoms with Crippen molar-refractivity contribution in [2.45, 2.75) is 18.9 Å². The summed E-state index contributed by atoms with van der Waals surface area (Å²) in [5, 5.41) is 12.1. The van der Waals surface area contributed by atoms with Gasteiger partial charge in [-0.3, -0.25) is 9.69 Å². The number of para-hydroxylation sites is 2. The number of nitrogens with one attached hydrogen (secondary N) is 1. The van der Waals surface area contributed by atoms with Crippen LogP contribution in [0.2, 0.25) is 0 Å². The SMILES string of the molecule is COc1ccccc1NC(=O)CN1CCC[C@H]1CO. The summed E-state index contributed by atoms with van der Waals surface area (Å²) in [4.78, 5) is 14.0. The number of anilines is 1. The Kier molecular flexibility index (Phi) is 4.76. The number of aliphatic hydroxyl groups excluding tert-OH is 1. The third-order valence-electron chi connectivity index (χ3n) is 3.44. The number of amides is 1. The first-order chi connectivity index (χ1) is 9.24. The van der Waals surface area contributed by atoms with Gasteiger partial charge >= 0.3 is 0 Å². The fourth-order valence-corrected chi connectivity index (χ4v) is 2.43. The molecule has 0 bridgehead atoms. The lowest BCUT2D eigenvalue weighted by Crippen LogP contribution is -2.38. The molecule has 2 rings (SSSR count). The molecular formula is C14H20N2O3.